The molecule has 0 saturated heterocycles. The van der Waals surface area contributed by atoms with Crippen LogP contribution in [0.5, 0.6) is 0 Å². The third kappa shape index (κ3) is 3.87. The second kappa shape index (κ2) is 6.93. The molecule has 2 N–H and O–H groups in total. The Hall–Kier alpha value is -2.86. The lowest BCUT2D eigenvalue weighted by molar-refractivity contribution is 0.0901. The summed E-state index contributed by atoms with van der Waals surface area (Å²) in [5.41, 5.74) is 1.63. The van der Waals surface area contributed by atoms with Gasteiger partial charge in [0.1, 0.15) is 11.9 Å². The molecule has 1 amide bonds. The van der Waals surface area contributed by atoms with Crippen LogP contribution >= 0.6 is 0 Å². The fraction of sp³-hybridized carbons (Fsp3) is 0.176. The molecule has 2 heterocycles. The van der Waals surface area contributed by atoms with Crippen molar-refractivity contribution in [2.24, 2.45) is 0 Å². The largest absolute Gasteiger partial charge is 0.467 e. The van der Waals surface area contributed by atoms with E-state index in [0.717, 1.165) is 5.56 Å². The zero-order chi connectivity index (χ0) is 16.1. The lowest BCUT2D eigenvalue weighted by Gasteiger charge is -2.10. The van der Waals surface area contributed by atoms with Crippen LogP contribution < -0.4 is 5.32 Å². The molecule has 0 bridgehead atoms. The number of carbonyl (C=O) groups is 1. The normalized spacial score (nSPS) is 12.0. The standard InChI is InChI=1S/C17H17N3O3/c21-15(16-2-1-9-23-16)10-19-17(22)14-5-3-13(4-6-14)11-20-8-7-18-12-20/h1-9,12,15,21H,10-11H2,(H,19,22). The molecule has 1 atom stereocenters. The number of nitrogens with one attached hydrogen (secondary N) is 1. The summed E-state index contributed by atoms with van der Waals surface area (Å²) in [6.45, 7) is 0.808. The maximum Gasteiger partial charge on any atom is 0.251 e. The lowest BCUT2D eigenvalue weighted by atomic mass is 10.1. The van der Waals surface area contributed by atoms with Crippen LogP contribution in [-0.2, 0) is 6.54 Å². The first kappa shape index (κ1) is 15.1. The molecule has 0 saturated carbocycles. The Labute approximate surface area is 133 Å². The Bertz CT molecular complexity index is 734. The fourth-order valence-corrected chi connectivity index (χ4v) is 2.23. The van der Waals surface area contributed by atoms with E-state index in [-0.39, 0.29) is 12.5 Å². The number of aliphatic hydroxyl groups excluding tert-OH is 1. The number of benzene rings is 1. The molecule has 3 aromatic rings. The second-order valence-corrected chi connectivity index (χ2v) is 5.17. The van der Waals surface area contributed by atoms with Gasteiger partial charge in [0.2, 0.25) is 0 Å². The highest BCUT2D eigenvalue weighted by atomic mass is 16.4. The molecule has 0 aliphatic carbocycles. The van der Waals surface area contributed by atoms with Gasteiger partial charge in [-0.05, 0) is 29.8 Å². The number of hydrogen-bond acceptors (Lipinski definition) is 4. The summed E-state index contributed by atoms with van der Waals surface area (Å²) in [5, 5.41) is 12.6. The SMILES string of the molecule is O=C(NCC(O)c1ccco1)c1ccc(Cn2ccnc2)cc1. The molecule has 0 aliphatic heterocycles. The highest BCUT2D eigenvalue weighted by Gasteiger charge is 2.12. The van der Waals surface area contributed by atoms with Crippen molar-refractivity contribution in [2.45, 2.75) is 12.6 Å². The molecule has 118 valence electrons. The molecule has 0 spiro atoms. The number of nitrogens with zero attached hydrogens (tertiary/aromatic N) is 2. The van der Waals surface area contributed by atoms with Crippen molar-refractivity contribution in [1.82, 2.24) is 14.9 Å². The van der Waals surface area contributed by atoms with Crippen molar-refractivity contribution in [2.75, 3.05) is 6.54 Å². The highest BCUT2D eigenvalue weighted by molar-refractivity contribution is 5.94. The average molecular weight is 311 g/mol. The van der Waals surface area contributed by atoms with Gasteiger partial charge in [-0.3, -0.25) is 4.79 Å². The van der Waals surface area contributed by atoms with E-state index in [2.05, 4.69) is 10.3 Å². The van der Waals surface area contributed by atoms with Gasteiger partial charge in [-0.2, -0.15) is 0 Å². The van der Waals surface area contributed by atoms with Crippen LogP contribution in [0.4, 0.5) is 0 Å². The van der Waals surface area contributed by atoms with E-state index in [9.17, 15) is 9.90 Å². The van der Waals surface area contributed by atoms with E-state index in [0.29, 0.717) is 17.9 Å². The molecule has 2 aromatic heterocycles. The third-order valence-electron chi connectivity index (χ3n) is 3.47. The topological polar surface area (TPSA) is 80.3 Å². The number of aromatic nitrogens is 2. The van der Waals surface area contributed by atoms with E-state index in [1.165, 1.54) is 6.26 Å². The smallest absolute Gasteiger partial charge is 0.251 e. The van der Waals surface area contributed by atoms with Crippen LogP contribution in [0.1, 0.15) is 27.8 Å². The van der Waals surface area contributed by atoms with Crippen molar-refractivity contribution >= 4 is 5.91 Å². The average Bonchev–Trinajstić information content (AvgIpc) is 3.26. The summed E-state index contributed by atoms with van der Waals surface area (Å²) in [6.07, 6.45) is 5.99. The zero-order valence-electron chi connectivity index (χ0n) is 12.4. The van der Waals surface area contributed by atoms with Crippen molar-refractivity contribution in [1.29, 1.82) is 0 Å². The minimum absolute atomic E-state index is 0.100. The monoisotopic (exact) mass is 311 g/mol. The van der Waals surface area contributed by atoms with Crippen molar-refractivity contribution in [3.63, 3.8) is 0 Å². The van der Waals surface area contributed by atoms with E-state index < -0.39 is 6.10 Å². The molecule has 3 rings (SSSR count). The molecule has 1 unspecified atom stereocenters. The molecule has 0 aliphatic rings. The Morgan fingerprint density at radius 3 is 2.78 bits per heavy atom. The number of hydrogen-bond donors (Lipinski definition) is 2. The summed E-state index contributed by atoms with van der Waals surface area (Å²) in [5.74, 6) is 0.200. The third-order valence-corrected chi connectivity index (χ3v) is 3.47. The van der Waals surface area contributed by atoms with Crippen LogP contribution in [0.2, 0.25) is 0 Å². The zero-order valence-corrected chi connectivity index (χ0v) is 12.4. The maximum absolute atomic E-state index is 12.1. The van der Waals surface area contributed by atoms with Crippen LogP contribution in [0.3, 0.4) is 0 Å². The number of aliphatic hydroxyl groups is 1. The number of imidazole rings is 1. The van der Waals surface area contributed by atoms with Crippen LogP contribution in [-0.4, -0.2) is 27.1 Å². The van der Waals surface area contributed by atoms with Gasteiger partial charge < -0.3 is 19.4 Å². The quantitative estimate of drug-likeness (QED) is 0.729. The van der Waals surface area contributed by atoms with Crippen LogP contribution in [0, 0.1) is 0 Å². The Morgan fingerprint density at radius 1 is 1.30 bits per heavy atom. The first-order chi connectivity index (χ1) is 11.2. The van der Waals surface area contributed by atoms with E-state index >= 15 is 0 Å². The molecular formula is C17H17N3O3. The summed E-state index contributed by atoms with van der Waals surface area (Å²) in [6, 6.07) is 10.7. The van der Waals surface area contributed by atoms with Crippen LogP contribution in [0.15, 0.2) is 65.8 Å². The minimum atomic E-state index is -0.852. The van der Waals surface area contributed by atoms with E-state index in [1.54, 1.807) is 36.8 Å². The second-order valence-electron chi connectivity index (χ2n) is 5.17. The molecule has 6 nitrogen and oxygen atoms in total. The Kier molecular flexibility index (Phi) is 4.54. The molecule has 0 radical (unpaired) electrons. The van der Waals surface area contributed by atoms with Gasteiger partial charge in [0, 0.05) is 24.5 Å². The summed E-state index contributed by atoms with van der Waals surface area (Å²) < 4.78 is 7.04. The molecular weight excluding hydrogens is 294 g/mol. The van der Waals surface area contributed by atoms with Gasteiger partial charge in [-0.1, -0.05) is 12.1 Å². The van der Waals surface area contributed by atoms with Crippen molar-refractivity contribution in [3.05, 3.63) is 78.3 Å². The number of rotatable bonds is 6. The summed E-state index contributed by atoms with van der Waals surface area (Å²) in [4.78, 5) is 16.1. The van der Waals surface area contributed by atoms with Crippen molar-refractivity contribution in [3.8, 4) is 0 Å². The molecule has 6 heteroatoms. The molecule has 1 aromatic carbocycles. The molecule has 0 fully saturated rings. The van der Waals surface area contributed by atoms with Crippen LogP contribution in [0.25, 0.3) is 0 Å². The highest BCUT2D eigenvalue weighted by Crippen LogP contribution is 2.12. The van der Waals surface area contributed by atoms with Gasteiger partial charge in [-0.25, -0.2) is 4.98 Å². The number of amides is 1. The first-order valence-corrected chi connectivity index (χ1v) is 7.27. The maximum atomic E-state index is 12.1. The fourth-order valence-electron chi connectivity index (χ4n) is 2.23. The lowest BCUT2D eigenvalue weighted by Crippen LogP contribution is -2.28. The number of furan rings is 1. The van der Waals surface area contributed by atoms with Gasteiger partial charge in [0.05, 0.1) is 19.1 Å². The summed E-state index contributed by atoms with van der Waals surface area (Å²) >= 11 is 0. The Balaban J connectivity index is 1.55. The minimum Gasteiger partial charge on any atom is -0.467 e. The van der Waals surface area contributed by atoms with Gasteiger partial charge in [0.15, 0.2) is 0 Å². The molecule has 23 heavy (non-hydrogen) atoms. The van der Waals surface area contributed by atoms with Gasteiger partial charge >= 0.3 is 0 Å². The summed E-state index contributed by atoms with van der Waals surface area (Å²) in [7, 11) is 0. The first-order valence-electron chi connectivity index (χ1n) is 7.27. The Morgan fingerprint density at radius 2 is 2.13 bits per heavy atom. The van der Waals surface area contributed by atoms with Crippen molar-refractivity contribution < 1.29 is 14.3 Å². The van der Waals surface area contributed by atoms with E-state index in [1.807, 2.05) is 22.9 Å². The van der Waals surface area contributed by atoms with E-state index in [4.69, 9.17) is 4.42 Å². The van der Waals surface area contributed by atoms with Gasteiger partial charge in [0.25, 0.3) is 5.91 Å². The predicted octanol–water partition coefficient (Wildman–Crippen LogP) is 1.99. The van der Waals surface area contributed by atoms with Gasteiger partial charge in [-0.15, -0.1) is 0 Å². The number of carbonyl (C=O) groups excluding carboxylic acids is 1. The predicted molar refractivity (Wildman–Crippen MR) is 83.8 cm³/mol.